The summed E-state index contributed by atoms with van der Waals surface area (Å²) in [4.78, 5) is 3.67. The molecule has 0 spiro atoms. The van der Waals surface area contributed by atoms with Gasteiger partial charge in [0.2, 0.25) is 0 Å². The maximum Gasteiger partial charge on any atom is 0.255 e. The predicted octanol–water partition coefficient (Wildman–Crippen LogP) is 2.73. The Morgan fingerprint density at radius 3 is 2.75 bits per heavy atom. The zero-order valence-corrected chi connectivity index (χ0v) is 8.15. The maximum atomic E-state index is 13.2. The fraction of sp³-hybridized carbons (Fsp3) is 0. The third-order valence-electron chi connectivity index (χ3n) is 1.91. The van der Waals surface area contributed by atoms with Crippen LogP contribution in [0.3, 0.4) is 0 Å². The van der Waals surface area contributed by atoms with E-state index in [4.69, 9.17) is 10.5 Å². The van der Waals surface area contributed by atoms with Gasteiger partial charge in [-0.1, -0.05) is 0 Å². The number of pyridine rings is 1. The van der Waals surface area contributed by atoms with E-state index in [0.29, 0.717) is 0 Å². The molecule has 5 heteroatoms. The number of halogens is 2. The van der Waals surface area contributed by atoms with Gasteiger partial charge in [-0.2, -0.15) is 0 Å². The van der Waals surface area contributed by atoms with Crippen LogP contribution >= 0.6 is 0 Å². The third-order valence-corrected chi connectivity index (χ3v) is 1.91. The number of hydrogen-bond donors (Lipinski definition) is 1. The van der Waals surface area contributed by atoms with Crippen molar-refractivity contribution in [2.24, 2.45) is 0 Å². The number of anilines is 1. The molecule has 3 nitrogen and oxygen atoms in total. The topological polar surface area (TPSA) is 48.1 Å². The molecule has 0 amide bonds. The highest BCUT2D eigenvalue weighted by Gasteiger charge is 2.08. The summed E-state index contributed by atoms with van der Waals surface area (Å²) in [7, 11) is 0. The molecule has 0 saturated heterocycles. The molecule has 1 aromatic carbocycles. The minimum absolute atomic E-state index is 0.0394. The van der Waals surface area contributed by atoms with Crippen molar-refractivity contribution in [2.75, 3.05) is 5.73 Å². The highest BCUT2D eigenvalue weighted by molar-refractivity contribution is 5.53. The minimum atomic E-state index is -0.633. The van der Waals surface area contributed by atoms with E-state index >= 15 is 0 Å². The van der Waals surface area contributed by atoms with E-state index in [1.54, 1.807) is 0 Å². The Labute approximate surface area is 90.5 Å². The summed E-state index contributed by atoms with van der Waals surface area (Å²) in [6.45, 7) is 0. The molecule has 82 valence electrons. The summed E-state index contributed by atoms with van der Waals surface area (Å²) in [5, 5.41) is 0. The van der Waals surface area contributed by atoms with Crippen LogP contribution in [0.4, 0.5) is 14.5 Å². The molecule has 0 saturated carbocycles. The first kappa shape index (κ1) is 10.4. The average Bonchev–Trinajstić information content (AvgIpc) is 2.27. The Morgan fingerprint density at radius 2 is 2.00 bits per heavy atom. The second kappa shape index (κ2) is 4.14. The number of rotatable bonds is 2. The lowest BCUT2D eigenvalue weighted by atomic mass is 10.3. The standard InChI is InChI=1S/C11H8F2N2O/c12-7-3-4-9(14)10(6-7)16-11-8(13)2-1-5-15-11/h1-6H,14H2. The molecule has 0 unspecified atom stereocenters. The summed E-state index contributed by atoms with van der Waals surface area (Å²) < 4.78 is 31.2. The Kier molecular flexibility index (Phi) is 2.68. The van der Waals surface area contributed by atoms with E-state index in [1.165, 1.54) is 30.5 Å². The van der Waals surface area contributed by atoms with Crippen LogP contribution in [0.25, 0.3) is 0 Å². The van der Waals surface area contributed by atoms with Crippen LogP contribution in [-0.4, -0.2) is 4.98 Å². The van der Waals surface area contributed by atoms with E-state index in [-0.39, 0.29) is 17.3 Å². The fourth-order valence-electron chi connectivity index (χ4n) is 1.15. The number of nitrogens with two attached hydrogens (primary N) is 1. The van der Waals surface area contributed by atoms with E-state index < -0.39 is 11.6 Å². The van der Waals surface area contributed by atoms with Crippen molar-refractivity contribution in [3.63, 3.8) is 0 Å². The Hall–Kier alpha value is -2.17. The van der Waals surface area contributed by atoms with Gasteiger partial charge < -0.3 is 10.5 Å². The van der Waals surface area contributed by atoms with Crippen molar-refractivity contribution in [1.82, 2.24) is 4.98 Å². The number of benzene rings is 1. The summed E-state index contributed by atoms with van der Waals surface area (Å²) in [5.74, 6) is -1.34. The molecule has 2 aromatic rings. The van der Waals surface area contributed by atoms with Gasteiger partial charge in [-0.3, -0.25) is 0 Å². The molecule has 1 heterocycles. The second-order valence-electron chi connectivity index (χ2n) is 3.07. The van der Waals surface area contributed by atoms with Gasteiger partial charge in [-0.25, -0.2) is 13.8 Å². The monoisotopic (exact) mass is 222 g/mol. The normalized spacial score (nSPS) is 10.1. The maximum absolute atomic E-state index is 13.2. The van der Waals surface area contributed by atoms with Crippen molar-refractivity contribution in [1.29, 1.82) is 0 Å². The van der Waals surface area contributed by atoms with E-state index in [2.05, 4.69) is 4.98 Å². The van der Waals surface area contributed by atoms with Gasteiger partial charge in [0.25, 0.3) is 5.88 Å². The number of nitrogen functional groups attached to an aromatic ring is 1. The van der Waals surface area contributed by atoms with Crippen molar-refractivity contribution in [3.05, 3.63) is 48.2 Å². The second-order valence-corrected chi connectivity index (χ2v) is 3.07. The molecule has 16 heavy (non-hydrogen) atoms. The molecule has 0 fully saturated rings. The molecule has 0 aliphatic heterocycles. The van der Waals surface area contributed by atoms with Gasteiger partial charge in [-0.05, 0) is 24.3 Å². The summed E-state index contributed by atoms with van der Waals surface area (Å²) in [6.07, 6.45) is 1.37. The van der Waals surface area contributed by atoms with Crippen LogP contribution in [-0.2, 0) is 0 Å². The molecule has 2 N–H and O–H groups in total. The van der Waals surface area contributed by atoms with Crippen LogP contribution in [0.1, 0.15) is 0 Å². The third kappa shape index (κ3) is 2.08. The molecule has 1 aromatic heterocycles. The Balaban J connectivity index is 2.34. The molecule has 0 aliphatic carbocycles. The van der Waals surface area contributed by atoms with Crippen molar-refractivity contribution in [2.45, 2.75) is 0 Å². The highest BCUT2D eigenvalue weighted by Crippen LogP contribution is 2.27. The van der Waals surface area contributed by atoms with Gasteiger partial charge in [0.15, 0.2) is 11.6 Å². The number of ether oxygens (including phenoxy) is 1. The van der Waals surface area contributed by atoms with Crippen molar-refractivity contribution < 1.29 is 13.5 Å². The largest absolute Gasteiger partial charge is 0.434 e. The first-order valence-corrected chi connectivity index (χ1v) is 4.50. The first-order chi connectivity index (χ1) is 7.66. The van der Waals surface area contributed by atoms with E-state index in [0.717, 1.165) is 6.07 Å². The van der Waals surface area contributed by atoms with Gasteiger partial charge >= 0.3 is 0 Å². The quantitative estimate of drug-likeness (QED) is 0.795. The molecule has 0 atom stereocenters. The predicted molar refractivity (Wildman–Crippen MR) is 55.1 cm³/mol. The smallest absolute Gasteiger partial charge is 0.255 e. The van der Waals surface area contributed by atoms with Crippen LogP contribution in [0.15, 0.2) is 36.5 Å². The van der Waals surface area contributed by atoms with Gasteiger partial charge in [0.1, 0.15) is 5.82 Å². The number of aromatic nitrogens is 1. The zero-order valence-electron chi connectivity index (χ0n) is 8.15. The zero-order chi connectivity index (χ0) is 11.5. The number of nitrogens with zero attached hydrogens (tertiary/aromatic N) is 1. The Morgan fingerprint density at radius 1 is 1.19 bits per heavy atom. The molecule has 2 rings (SSSR count). The van der Waals surface area contributed by atoms with Crippen molar-refractivity contribution in [3.8, 4) is 11.6 Å². The van der Waals surface area contributed by atoms with E-state index in [1.807, 2.05) is 0 Å². The Bertz CT molecular complexity index is 517. The SMILES string of the molecule is Nc1ccc(F)cc1Oc1ncccc1F. The summed E-state index contributed by atoms with van der Waals surface area (Å²) in [6, 6.07) is 6.22. The average molecular weight is 222 g/mol. The van der Waals surface area contributed by atoms with Crippen molar-refractivity contribution >= 4 is 5.69 Å². The van der Waals surface area contributed by atoms with Crippen LogP contribution in [0.2, 0.25) is 0 Å². The lowest BCUT2D eigenvalue weighted by Gasteiger charge is -2.07. The molecule has 0 bridgehead atoms. The van der Waals surface area contributed by atoms with Gasteiger partial charge in [0.05, 0.1) is 5.69 Å². The molecule has 0 radical (unpaired) electrons. The molecular weight excluding hydrogens is 214 g/mol. The number of hydrogen-bond acceptors (Lipinski definition) is 3. The first-order valence-electron chi connectivity index (χ1n) is 4.50. The fourth-order valence-corrected chi connectivity index (χ4v) is 1.15. The lowest BCUT2D eigenvalue weighted by Crippen LogP contribution is -1.96. The summed E-state index contributed by atoms with van der Waals surface area (Å²) in [5.41, 5.74) is 5.76. The van der Waals surface area contributed by atoms with Crippen LogP contribution in [0, 0.1) is 11.6 Å². The molecular formula is C11H8F2N2O. The van der Waals surface area contributed by atoms with Gasteiger partial charge in [0, 0.05) is 12.3 Å². The molecule has 0 aliphatic rings. The highest BCUT2D eigenvalue weighted by atomic mass is 19.1. The van der Waals surface area contributed by atoms with E-state index in [9.17, 15) is 8.78 Å². The van der Waals surface area contributed by atoms with Crippen LogP contribution < -0.4 is 10.5 Å². The lowest BCUT2D eigenvalue weighted by molar-refractivity contribution is 0.421. The minimum Gasteiger partial charge on any atom is -0.434 e. The summed E-state index contributed by atoms with van der Waals surface area (Å²) >= 11 is 0. The van der Waals surface area contributed by atoms with Crippen LogP contribution in [0.5, 0.6) is 11.6 Å². The van der Waals surface area contributed by atoms with Gasteiger partial charge in [-0.15, -0.1) is 0 Å².